The number of hydrogen-bond donors (Lipinski definition) is 0. The quantitative estimate of drug-likeness (QED) is 0.257. The number of anilines is 2. The highest BCUT2D eigenvalue weighted by atomic mass is 15.1. The zero-order chi connectivity index (χ0) is 22.2. The molecular weight excluding hydrogens is 388 g/mol. The first-order valence-corrected chi connectivity index (χ1v) is 12.0. The van der Waals surface area contributed by atoms with Gasteiger partial charge in [-0.25, -0.2) is 0 Å². The van der Waals surface area contributed by atoms with Crippen molar-refractivity contribution in [3.05, 3.63) is 72.8 Å². The first-order valence-electron chi connectivity index (χ1n) is 12.0. The van der Waals surface area contributed by atoms with Crippen molar-refractivity contribution in [2.45, 2.75) is 27.7 Å². The van der Waals surface area contributed by atoms with E-state index in [0.717, 1.165) is 26.2 Å². The van der Waals surface area contributed by atoms with Gasteiger partial charge in [0.1, 0.15) is 0 Å². The van der Waals surface area contributed by atoms with Gasteiger partial charge in [0.15, 0.2) is 0 Å². The number of nitrogens with zero attached hydrogens (tertiary/aromatic N) is 2. The maximum atomic E-state index is 2.41. The summed E-state index contributed by atoms with van der Waals surface area (Å²) in [7, 11) is 0. The first-order chi connectivity index (χ1) is 15.7. The van der Waals surface area contributed by atoms with Crippen LogP contribution in [0, 0.1) is 0 Å². The molecule has 0 heterocycles. The van der Waals surface area contributed by atoms with Crippen LogP contribution < -0.4 is 9.80 Å². The van der Waals surface area contributed by atoms with Crippen molar-refractivity contribution in [2.75, 3.05) is 36.0 Å². The van der Waals surface area contributed by atoms with Crippen LogP contribution in [0.2, 0.25) is 0 Å². The fourth-order valence-corrected chi connectivity index (χ4v) is 5.25. The highest BCUT2D eigenvalue weighted by Crippen LogP contribution is 2.36. The molecule has 0 radical (unpaired) electrons. The van der Waals surface area contributed by atoms with Crippen LogP contribution in [0.3, 0.4) is 0 Å². The summed E-state index contributed by atoms with van der Waals surface area (Å²) >= 11 is 0. The lowest BCUT2D eigenvalue weighted by atomic mass is 9.94. The predicted molar refractivity (Wildman–Crippen MR) is 144 cm³/mol. The Hall–Kier alpha value is -3.26. The molecule has 0 saturated carbocycles. The molecule has 0 unspecified atom stereocenters. The molecule has 0 aromatic heterocycles. The topological polar surface area (TPSA) is 6.48 Å². The molecule has 162 valence electrons. The molecule has 0 bridgehead atoms. The van der Waals surface area contributed by atoms with Gasteiger partial charge in [-0.05, 0) is 95.1 Å². The van der Waals surface area contributed by atoms with E-state index in [2.05, 4.69) is 110 Å². The van der Waals surface area contributed by atoms with Gasteiger partial charge in [-0.1, -0.05) is 48.5 Å². The average Bonchev–Trinajstić information content (AvgIpc) is 2.84. The predicted octanol–water partition coefficient (Wildman–Crippen LogP) is 7.99. The molecule has 0 atom stereocenters. The zero-order valence-corrected chi connectivity index (χ0v) is 19.7. The van der Waals surface area contributed by atoms with Crippen LogP contribution in [0.15, 0.2) is 72.8 Å². The molecule has 0 amide bonds. The van der Waals surface area contributed by atoms with Crippen LogP contribution in [0.25, 0.3) is 43.1 Å². The SMILES string of the molecule is CCN(CC)c1ccc2c(ccc3c2ccc2c4ccc(N(CC)CC)cc4ccc23)c1. The van der Waals surface area contributed by atoms with Gasteiger partial charge in [0.05, 0.1) is 0 Å². The molecule has 0 aliphatic heterocycles. The van der Waals surface area contributed by atoms with E-state index >= 15 is 0 Å². The summed E-state index contributed by atoms with van der Waals surface area (Å²) in [6, 6.07) is 27.6. The highest BCUT2D eigenvalue weighted by Gasteiger charge is 2.10. The Bertz CT molecular complexity index is 1320. The van der Waals surface area contributed by atoms with E-state index in [-0.39, 0.29) is 0 Å². The second-order valence-electron chi connectivity index (χ2n) is 8.54. The van der Waals surface area contributed by atoms with Crippen molar-refractivity contribution in [3.63, 3.8) is 0 Å². The summed E-state index contributed by atoms with van der Waals surface area (Å²) in [5.74, 6) is 0. The largest absolute Gasteiger partial charge is 0.372 e. The Morgan fingerprint density at radius 1 is 0.406 bits per heavy atom. The molecule has 0 N–H and O–H groups in total. The second kappa shape index (κ2) is 8.35. The van der Waals surface area contributed by atoms with Gasteiger partial charge in [0, 0.05) is 37.6 Å². The normalized spacial score (nSPS) is 11.6. The second-order valence-corrected chi connectivity index (χ2v) is 8.54. The number of fused-ring (bicyclic) bond motifs is 7. The Labute approximate surface area is 191 Å². The summed E-state index contributed by atoms with van der Waals surface area (Å²) in [6.45, 7) is 13.0. The van der Waals surface area contributed by atoms with Gasteiger partial charge in [0.2, 0.25) is 0 Å². The number of hydrogen-bond acceptors (Lipinski definition) is 2. The third-order valence-corrected chi connectivity index (χ3v) is 7.05. The highest BCUT2D eigenvalue weighted by molar-refractivity contribution is 6.22. The fraction of sp³-hybridized carbons (Fsp3) is 0.267. The van der Waals surface area contributed by atoms with E-state index in [0.29, 0.717) is 0 Å². The Kier molecular flexibility index (Phi) is 5.38. The molecule has 5 rings (SSSR count). The summed E-state index contributed by atoms with van der Waals surface area (Å²) < 4.78 is 0. The molecule has 0 aliphatic carbocycles. The summed E-state index contributed by atoms with van der Waals surface area (Å²) in [6.07, 6.45) is 0. The minimum atomic E-state index is 1.03. The Balaban J connectivity index is 1.69. The maximum absolute atomic E-state index is 2.41. The summed E-state index contributed by atoms with van der Waals surface area (Å²) in [5.41, 5.74) is 2.61. The molecule has 5 aromatic carbocycles. The first kappa shape index (κ1) is 20.6. The lowest BCUT2D eigenvalue weighted by Gasteiger charge is -2.22. The molecular formula is C30H32N2. The van der Waals surface area contributed by atoms with E-state index in [1.54, 1.807) is 0 Å². The fourth-order valence-electron chi connectivity index (χ4n) is 5.25. The Morgan fingerprint density at radius 2 is 0.719 bits per heavy atom. The van der Waals surface area contributed by atoms with E-state index in [1.165, 1.54) is 54.5 Å². The van der Waals surface area contributed by atoms with Crippen molar-refractivity contribution < 1.29 is 0 Å². The van der Waals surface area contributed by atoms with E-state index in [1.807, 2.05) is 0 Å². The van der Waals surface area contributed by atoms with Crippen LogP contribution in [-0.4, -0.2) is 26.2 Å². The molecule has 0 aliphatic rings. The number of rotatable bonds is 6. The minimum absolute atomic E-state index is 1.03. The standard InChI is InChI=1S/C30H32N2/c1-5-31(6-2)23-11-15-25-21(19-23)9-13-29-27(25)17-18-28-26-16-12-24(32(7-3)8-4)20-22(26)10-14-30(28)29/h9-20H,5-8H2,1-4H3. The van der Waals surface area contributed by atoms with Crippen LogP contribution in [0.4, 0.5) is 11.4 Å². The Morgan fingerprint density at radius 3 is 1.09 bits per heavy atom. The zero-order valence-electron chi connectivity index (χ0n) is 19.7. The van der Waals surface area contributed by atoms with Gasteiger partial charge >= 0.3 is 0 Å². The number of benzene rings is 5. The smallest absolute Gasteiger partial charge is 0.0372 e. The molecule has 0 spiro atoms. The van der Waals surface area contributed by atoms with Crippen LogP contribution >= 0.6 is 0 Å². The molecule has 32 heavy (non-hydrogen) atoms. The summed E-state index contributed by atoms with van der Waals surface area (Å²) in [5, 5.41) is 10.6. The van der Waals surface area contributed by atoms with Crippen molar-refractivity contribution in [3.8, 4) is 0 Å². The molecule has 2 heteroatoms. The molecule has 0 saturated heterocycles. The molecule has 0 fully saturated rings. The maximum Gasteiger partial charge on any atom is 0.0372 e. The third kappa shape index (κ3) is 3.26. The van der Waals surface area contributed by atoms with Crippen LogP contribution in [-0.2, 0) is 0 Å². The lowest BCUT2D eigenvalue weighted by molar-refractivity contribution is 0.867. The van der Waals surface area contributed by atoms with Gasteiger partial charge < -0.3 is 9.80 Å². The van der Waals surface area contributed by atoms with E-state index in [4.69, 9.17) is 0 Å². The summed E-state index contributed by atoms with van der Waals surface area (Å²) in [4.78, 5) is 4.81. The van der Waals surface area contributed by atoms with Gasteiger partial charge in [0.25, 0.3) is 0 Å². The van der Waals surface area contributed by atoms with Gasteiger partial charge in [-0.3, -0.25) is 0 Å². The minimum Gasteiger partial charge on any atom is -0.372 e. The molecule has 5 aromatic rings. The third-order valence-electron chi connectivity index (χ3n) is 7.05. The lowest BCUT2D eigenvalue weighted by Crippen LogP contribution is -2.21. The van der Waals surface area contributed by atoms with E-state index in [9.17, 15) is 0 Å². The van der Waals surface area contributed by atoms with Crippen molar-refractivity contribution in [1.29, 1.82) is 0 Å². The van der Waals surface area contributed by atoms with Crippen LogP contribution in [0.5, 0.6) is 0 Å². The van der Waals surface area contributed by atoms with Gasteiger partial charge in [-0.15, -0.1) is 0 Å². The van der Waals surface area contributed by atoms with Crippen molar-refractivity contribution in [1.82, 2.24) is 0 Å². The average molecular weight is 421 g/mol. The monoisotopic (exact) mass is 420 g/mol. The van der Waals surface area contributed by atoms with Crippen molar-refractivity contribution in [2.24, 2.45) is 0 Å². The van der Waals surface area contributed by atoms with E-state index < -0.39 is 0 Å². The molecule has 2 nitrogen and oxygen atoms in total. The van der Waals surface area contributed by atoms with Gasteiger partial charge in [-0.2, -0.15) is 0 Å². The van der Waals surface area contributed by atoms with Crippen molar-refractivity contribution >= 4 is 54.5 Å². The van der Waals surface area contributed by atoms with Crippen LogP contribution in [0.1, 0.15) is 27.7 Å².